The van der Waals surface area contributed by atoms with Gasteiger partial charge in [-0.25, -0.2) is 0 Å². The maximum Gasteiger partial charge on any atom is 0.0613 e. The van der Waals surface area contributed by atoms with Crippen LogP contribution >= 0.6 is 0 Å². The van der Waals surface area contributed by atoms with E-state index in [0.29, 0.717) is 0 Å². The minimum atomic E-state index is 0.979. The summed E-state index contributed by atoms with van der Waals surface area (Å²) in [6.07, 6.45) is 1.96. The van der Waals surface area contributed by atoms with E-state index in [0.717, 1.165) is 12.8 Å². The van der Waals surface area contributed by atoms with Crippen molar-refractivity contribution < 1.29 is 0 Å². The van der Waals surface area contributed by atoms with Crippen molar-refractivity contribution >= 4 is 11.4 Å². The fourth-order valence-electron chi connectivity index (χ4n) is 6.23. The number of fused-ring (bicyclic) bond motifs is 6. The first-order chi connectivity index (χ1) is 16.4. The van der Waals surface area contributed by atoms with Crippen LogP contribution in [0.25, 0.3) is 22.3 Å². The molecular weight excluding hydrogens is 412 g/mol. The summed E-state index contributed by atoms with van der Waals surface area (Å²) in [5, 5.41) is 0. The summed E-state index contributed by atoms with van der Waals surface area (Å²) in [5.41, 5.74) is 29.4. The van der Waals surface area contributed by atoms with Gasteiger partial charge in [-0.15, -0.1) is 0 Å². The average molecular weight is 445 g/mol. The van der Waals surface area contributed by atoms with E-state index >= 15 is 0 Å². The highest BCUT2D eigenvalue weighted by Crippen LogP contribution is 2.47. The van der Waals surface area contributed by atoms with Gasteiger partial charge in [0.05, 0.1) is 11.4 Å². The monoisotopic (exact) mass is 444 g/mol. The first kappa shape index (κ1) is 21.0. The van der Waals surface area contributed by atoms with E-state index in [1.807, 2.05) is 0 Å². The Kier molecular flexibility index (Phi) is 4.64. The lowest BCUT2D eigenvalue weighted by Crippen LogP contribution is -2.16. The third kappa shape index (κ3) is 2.81. The van der Waals surface area contributed by atoms with Crippen LogP contribution in [-0.4, -0.2) is 0 Å². The topological polar surface area (TPSA) is 24.1 Å². The predicted octanol–water partition coefficient (Wildman–Crippen LogP) is 8.12. The fraction of sp³-hybridized carbons (Fsp3) is 0.250. The molecule has 0 saturated heterocycles. The molecule has 34 heavy (non-hydrogen) atoms. The second-order valence-electron chi connectivity index (χ2n) is 10.1. The van der Waals surface area contributed by atoms with Crippen molar-refractivity contribution in [1.29, 1.82) is 0 Å². The molecule has 2 nitrogen and oxygen atoms in total. The van der Waals surface area contributed by atoms with Crippen LogP contribution in [0.3, 0.4) is 0 Å². The molecule has 6 rings (SSSR count). The van der Waals surface area contributed by atoms with Crippen LogP contribution in [0.2, 0.25) is 0 Å². The summed E-state index contributed by atoms with van der Waals surface area (Å²) in [7, 11) is 0. The Morgan fingerprint density at radius 2 is 0.853 bits per heavy atom. The van der Waals surface area contributed by atoms with Crippen LogP contribution in [0.1, 0.15) is 55.6 Å². The summed E-state index contributed by atoms with van der Waals surface area (Å²) < 4.78 is 0. The first-order valence-electron chi connectivity index (χ1n) is 12.3. The Labute approximate surface area is 203 Å². The number of anilines is 2. The molecule has 4 aromatic rings. The summed E-state index contributed by atoms with van der Waals surface area (Å²) >= 11 is 0. The highest BCUT2D eigenvalue weighted by molar-refractivity contribution is 5.89. The summed E-state index contributed by atoms with van der Waals surface area (Å²) in [4.78, 5) is 0. The predicted molar refractivity (Wildman–Crippen MR) is 145 cm³/mol. The van der Waals surface area contributed by atoms with Crippen molar-refractivity contribution in [3.63, 3.8) is 0 Å². The molecule has 2 N–H and O–H groups in total. The SMILES string of the molecule is Cc1c(C)c(NNc2c(C)c(C)c(C)c3c2Cc2ccccc2-3)c2c(c1C)-c1ccccc1C2. The zero-order chi connectivity index (χ0) is 23.7. The van der Waals surface area contributed by atoms with E-state index in [9.17, 15) is 0 Å². The van der Waals surface area contributed by atoms with Crippen molar-refractivity contribution in [2.75, 3.05) is 10.9 Å². The van der Waals surface area contributed by atoms with Crippen molar-refractivity contribution in [2.45, 2.75) is 54.4 Å². The molecule has 0 unspecified atom stereocenters. The van der Waals surface area contributed by atoms with Crippen molar-refractivity contribution in [3.05, 3.63) is 104 Å². The smallest absolute Gasteiger partial charge is 0.0613 e. The maximum absolute atomic E-state index is 3.73. The van der Waals surface area contributed by atoms with E-state index in [1.54, 1.807) is 0 Å². The maximum atomic E-state index is 3.73. The second kappa shape index (κ2) is 7.50. The van der Waals surface area contributed by atoms with Gasteiger partial charge in [0, 0.05) is 12.8 Å². The number of benzene rings is 4. The van der Waals surface area contributed by atoms with Crippen molar-refractivity contribution in [1.82, 2.24) is 0 Å². The average Bonchev–Trinajstić information content (AvgIpc) is 3.42. The molecule has 0 atom stereocenters. The van der Waals surface area contributed by atoms with Gasteiger partial charge < -0.3 is 10.9 Å². The Bertz CT molecular complexity index is 1390. The van der Waals surface area contributed by atoms with E-state index in [-0.39, 0.29) is 0 Å². The second-order valence-corrected chi connectivity index (χ2v) is 10.1. The molecule has 2 aliphatic carbocycles. The molecule has 170 valence electrons. The van der Waals surface area contributed by atoms with Gasteiger partial charge in [-0.2, -0.15) is 0 Å². The Hall–Kier alpha value is -3.52. The van der Waals surface area contributed by atoms with Gasteiger partial charge in [0.1, 0.15) is 0 Å². The molecule has 0 aliphatic heterocycles. The number of nitrogens with one attached hydrogen (secondary N) is 2. The van der Waals surface area contributed by atoms with Gasteiger partial charge in [0.2, 0.25) is 0 Å². The van der Waals surface area contributed by atoms with Crippen LogP contribution in [-0.2, 0) is 12.8 Å². The Morgan fingerprint density at radius 1 is 0.471 bits per heavy atom. The summed E-state index contributed by atoms with van der Waals surface area (Å²) in [6.45, 7) is 13.6. The highest BCUT2D eigenvalue weighted by Gasteiger charge is 2.28. The number of rotatable bonds is 3. The molecule has 2 aliphatic rings. The van der Waals surface area contributed by atoms with Crippen molar-refractivity contribution in [3.8, 4) is 22.3 Å². The van der Waals surface area contributed by atoms with Gasteiger partial charge >= 0.3 is 0 Å². The lowest BCUT2D eigenvalue weighted by molar-refractivity contribution is 1.16. The van der Waals surface area contributed by atoms with Crippen LogP contribution in [0, 0.1) is 41.5 Å². The van der Waals surface area contributed by atoms with E-state index < -0.39 is 0 Å². The molecule has 0 radical (unpaired) electrons. The number of hydrazine groups is 1. The zero-order valence-corrected chi connectivity index (χ0v) is 21.0. The van der Waals surface area contributed by atoms with Crippen LogP contribution in [0.4, 0.5) is 11.4 Å². The molecule has 0 aromatic heterocycles. The van der Waals surface area contributed by atoms with Gasteiger partial charge in [-0.3, -0.25) is 0 Å². The molecule has 0 fully saturated rings. The highest BCUT2D eigenvalue weighted by atomic mass is 15.4. The number of hydrogen-bond donors (Lipinski definition) is 2. The molecule has 0 bridgehead atoms. The molecule has 0 spiro atoms. The van der Waals surface area contributed by atoms with E-state index in [1.165, 1.54) is 89.3 Å². The summed E-state index contributed by atoms with van der Waals surface area (Å²) in [5.74, 6) is 0. The fourth-order valence-corrected chi connectivity index (χ4v) is 6.23. The Morgan fingerprint density at radius 3 is 1.26 bits per heavy atom. The largest absolute Gasteiger partial charge is 0.300 e. The molecule has 4 aromatic carbocycles. The zero-order valence-electron chi connectivity index (χ0n) is 21.0. The molecule has 0 amide bonds. The van der Waals surface area contributed by atoms with E-state index in [2.05, 4.69) is 101 Å². The lowest BCUT2D eigenvalue weighted by Gasteiger charge is -2.24. The van der Waals surface area contributed by atoms with Gasteiger partial charge in [0.15, 0.2) is 0 Å². The van der Waals surface area contributed by atoms with Crippen LogP contribution < -0.4 is 10.9 Å². The Balaban J connectivity index is 1.46. The van der Waals surface area contributed by atoms with E-state index in [4.69, 9.17) is 0 Å². The number of hydrogen-bond acceptors (Lipinski definition) is 2. The molecular formula is C32H32N2. The quantitative estimate of drug-likeness (QED) is 0.269. The minimum absolute atomic E-state index is 0.979. The molecule has 2 heteroatoms. The third-order valence-electron chi connectivity index (χ3n) is 8.58. The van der Waals surface area contributed by atoms with Gasteiger partial charge in [0.25, 0.3) is 0 Å². The van der Waals surface area contributed by atoms with Crippen LogP contribution in [0.15, 0.2) is 48.5 Å². The standard InChI is InChI=1S/C32H32N2/c1-17-19(3)29-25-13-9-7-11-23(25)15-27(29)31(21(17)5)33-34-32-22(6)18(2)20(4)30-26-14-10-8-12-24(26)16-28(30)32/h7-14,33-34H,15-16H2,1-6H3. The lowest BCUT2D eigenvalue weighted by atomic mass is 9.91. The normalized spacial score (nSPS) is 12.8. The third-order valence-corrected chi connectivity index (χ3v) is 8.58. The minimum Gasteiger partial charge on any atom is -0.300 e. The molecule has 0 heterocycles. The summed E-state index contributed by atoms with van der Waals surface area (Å²) in [6, 6.07) is 17.7. The van der Waals surface area contributed by atoms with Crippen LogP contribution in [0.5, 0.6) is 0 Å². The van der Waals surface area contributed by atoms with Gasteiger partial charge in [-0.1, -0.05) is 48.5 Å². The first-order valence-corrected chi connectivity index (χ1v) is 12.3. The van der Waals surface area contributed by atoms with Crippen molar-refractivity contribution in [2.24, 2.45) is 0 Å². The molecule has 0 saturated carbocycles. The van der Waals surface area contributed by atoms with Gasteiger partial charge in [-0.05, 0) is 119 Å².